The van der Waals surface area contributed by atoms with Crippen molar-refractivity contribution in [3.8, 4) is 6.07 Å². The second-order valence-electron chi connectivity index (χ2n) is 3.98. The van der Waals surface area contributed by atoms with Crippen molar-refractivity contribution in [1.82, 2.24) is 4.98 Å². The highest BCUT2D eigenvalue weighted by Crippen LogP contribution is 2.24. The minimum absolute atomic E-state index is 0.0102. The van der Waals surface area contributed by atoms with E-state index in [9.17, 15) is 4.39 Å². The zero-order valence-electron chi connectivity index (χ0n) is 10.1. The van der Waals surface area contributed by atoms with Gasteiger partial charge in [0.15, 0.2) is 0 Å². The summed E-state index contributed by atoms with van der Waals surface area (Å²) in [5.41, 5.74) is 0.699. The van der Waals surface area contributed by atoms with Gasteiger partial charge in [-0.2, -0.15) is 5.26 Å². The number of hydrogen-bond donors (Lipinski definition) is 1. The number of anilines is 1. The zero-order valence-corrected chi connectivity index (χ0v) is 10.9. The van der Waals surface area contributed by atoms with E-state index in [1.54, 1.807) is 23.5 Å². The Morgan fingerprint density at radius 2 is 2.28 bits per heavy atom. The van der Waals surface area contributed by atoms with E-state index in [4.69, 9.17) is 5.26 Å². The number of halogens is 1. The highest BCUT2D eigenvalue weighted by atomic mass is 32.1. The molecule has 92 valence electrons. The van der Waals surface area contributed by atoms with Gasteiger partial charge < -0.3 is 5.32 Å². The Hall–Kier alpha value is -1.93. The van der Waals surface area contributed by atoms with Gasteiger partial charge in [0.1, 0.15) is 16.9 Å². The number of rotatable bonds is 3. The molecule has 0 saturated carbocycles. The lowest BCUT2D eigenvalue weighted by molar-refractivity contribution is 0.624. The first-order valence-electron chi connectivity index (χ1n) is 5.48. The Morgan fingerprint density at radius 1 is 1.50 bits per heavy atom. The van der Waals surface area contributed by atoms with E-state index >= 15 is 0 Å². The van der Waals surface area contributed by atoms with Gasteiger partial charge in [-0.15, -0.1) is 11.3 Å². The largest absolute Gasteiger partial charge is 0.376 e. The van der Waals surface area contributed by atoms with Crippen molar-refractivity contribution in [1.29, 1.82) is 5.26 Å². The first-order valence-corrected chi connectivity index (χ1v) is 6.30. The third-order valence-corrected chi connectivity index (χ3v) is 3.58. The molecule has 0 radical (unpaired) electrons. The summed E-state index contributed by atoms with van der Waals surface area (Å²) in [5.74, 6) is -0.509. The van der Waals surface area contributed by atoms with E-state index in [-0.39, 0.29) is 11.6 Å². The Bertz CT molecular complexity index is 601. The summed E-state index contributed by atoms with van der Waals surface area (Å²) in [6, 6.07) is 6.30. The fourth-order valence-corrected chi connectivity index (χ4v) is 2.36. The van der Waals surface area contributed by atoms with Crippen molar-refractivity contribution in [2.75, 3.05) is 5.32 Å². The van der Waals surface area contributed by atoms with E-state index in [1.165, 1.54) is 12.1 Å². The summed E-state index contributed by atoms with van der Waals surface area (Å²) in [4.78, 5) is 5.42. The lowest BCUT2D eigenvalue weighted by Gasteiger charge is -2.12. The molecule has 2 rings (SSSR count). The summed E-state index contributed by atoms with van der Waals surface area (Å²) < 4.78 is 13.4. The molecule has 0 aliphatic rings. The number of nitrogens with zero attached hydrogens (tertiary/aromatic N) is 2. The maximum absolute atomic E-state index is 13.4. The first-order chi connectivity index (χ1) is 8.60. The smallest absolute Gasteiger partial charge is 0.143 e. The van der Waals surface area contributed by atoms with Crippen molar-refractivity contribution < 1.29 is 4.39 Å². The Morgan fingerprint density at radius 3 is 2.83 bits per heavy atom. The van der Waals surface area contributed by atoms with Gasteiger partial charge >= 0.3 is 0 Å². The molecule has 18 heavy (non-hydrogen) atoms. The van der Waals surface area contributed by atoms with Crippen molar-refractivity contribution in [3.05, 3.63) is 45.7 Å². The summed E-state index contributed by atoms with van der Waals surface area (Å²) in [6.45, 7) is 3.96. The first kappa shape index (κ1) is 12.5. The van der Waals surface area contributed by atoms with Crippen molar-refractivity contribution in [2.24, 2.45) is 0 Å². The third kappa shape index (κ3) is 2.66. The minimum atomic E-state index is -0.509. The number of thiazole rings is 1. The van der Waals surface area contributed by atoms with Gasteiger partial charge in [-0.05, 0) is 32.0 Å². The van der Waals surface area contributed by atoms with Gasteiger partial charge in [-0.1, -0.05) is 0 Å². The van der Waals surface area contributed by atoms with E-state index in [2.05, 4.69) is 10.3 Å². The Balaban J connectivity index is 2.15. The van der Waals surface area contributed by atoms with Crippen LogP contribution in [0.4, 0.5) is 10.1 Å². The van der Waals surface area contributed by atoms with Crippen molar-refractivity contribution in [2.45, 2.75) is 19.9 Å². The van der Waals surface area contributed by atoms with Crippen LogP contribution in [-0.4, -0.2) is 4.98 Å². The monoisotopic (exact) mass is 261 g/mol. The van der Waals surface area contributed by atoms with E-state index in [0.29, 0.717) is 5.69 Å². The molecule has 1 heterocycles. The highest BCUT2D eigenvalue weighted by Gasteiger charge is 2.10. The predicted octanol–water partition coefficient (Wildman–Crippen LogP) is 3.64. The number of nitrogens with one attached hydrogen (secondary N) is 1. The molecule has 0 fully saturated rings. The molecule has 0 spiro atoms. The van der Waals surface area contributed by atoms with Gasteiger partial charge in [-0.25, -0.2) is 9.37 Å². The summed E-state index contributed by atoms with van der Waals surface area (Å²) in [6.07, 6.45) is 1.82. The lowest BCUT2D eigenvalue weighted by atomic mass is 10.2. The topological polar surface area (TPSA) is 48.7 Å². The summed E-state index contributed by atoms with van der Waals surface area (Å²) >= 11 is 1.61. The molecule has 1 unspecified atom stereocenters. The number of hydrogen-bond acceptors (Lipinski definition) is 4. The van der Waals surface area contributed by atoms with Crippen LogP contribution in [0.2, 0.25) is 0 Å². The van der Waals surface area contributed by atoms with Crippen LogP contribution in [0.3, 0.4) is 0 Å². The molecule has 0 aliphatic heterocycles. The third-order valence-electron chi connectivity index (χ3n) is 2.48. The molecular formula is C13H12FN3S. The molecule has 1 aromatic carbocycles. The highest BCUT2D eigenvalue weighted by molar-refractivity contribution is 7.11. The maximum Gasteiger partial charge on any atom is 0.143 e. The molecule has 2 aromatic rings. The second kappa shape index (κ2) is 5.15. The number of nitriles is 1. The van der Waals surface area contributed by atoms with Gasteiger partial charge in [-0.3, -0.25) is 0 Å². The molecule has 1 atom stereocenters. The fourth-order valence-electron chi connectivity index (χ4n) is 1.58. The lowest BCUT2D eigenvalue weighted by Crippen LogP contribution is -2.06. The minimum Gasteiger partial charge on any atom is -0.376 e. The zero-order chi connectivity index (χ0) is 13.1. The number of aromatic nitrogens is 1. The Kier molecular flexibility index (Phi) is 3.58. The van der Waals surface area contributed by atoms with Crippen molar-refractivity contribution >= 4 is 17.0 Å². The number of aryl methyl sites for hydroxylation is 1. The summed E-state index contributed by atoms with van der Waals surface area (Å²) in [7, 11) is 0. The molecule has 1 aromatic heterocycles. The van der Waals surface area contributed by atoms with Crippen LogP contribution in [0.25, 0.3) is 0 Å². The normalized spacial score (nSPS) is 11.9. The average Bonchev–Trinajstić information content (AvgIpc) is 2.76. The van der Waals surface area contributed by atoms with Gasteiger partial charge in [0, 0.05) is 16.8 Å². The Labute approximate surface area is 109 Å². The van der Waals surface area contributed by atoms with Crippen LogP contribution in [0.15, 0.2) is 24.4 Å². The van der Waals surface area contributed by atoms with E-state index in [0.717, 1.165) is 9.88 Å². The molecule has 3 nitrogen and oxygen atoms in total. The predicted molar refractivity (Wildman–Crippen MR) is 70.0 cm³/mol. The van der Waals surface area contributed by atoms with E-state index < -0.39 is 5.82 Å². The standard InChI is InChI=1S/C13H12FN3S/c1-8-7-16-13(18-8)9(2)17-11-4-3-10(6-15)12(14)5-11/h3-5,7,9,17H,1-2H3. The van der Waals surface area contributed by atoms with Gasteiger partial charge in [0.25, 0.3) is 0 Å². The molecule has 0 amide bonds. The van der Waals surface area contributed by atoms with Gasteiger partial charge in [0.2, 0.25) is 0 Å². The quantitative estimate of drug-likeness (QED) is 0.917. The van der Waals surface area contributed by atoms with Crippen molar-refractivity contribution in [3.63, 3.8) is 0 Å². The van der Waals surface area contributed by atoms with E-state index in [1.807, 2.05) is 20.0 Å². The van der Waals surface area contributed by atoms with Crippen LogP contribution < -0.4 is 5.32 Å². The summed E-state index contributed by atoms with van der Waals surface area (Å²) in [5, 5.41) is 12.8. The van der Waals surface area contributed by atoms with Crippen LogP contribution in [0.5, 0.6) is 0 Å². The SMILES string of the molecule is Cc1cnc(C(C)Nc2ccc(C#N)c(F)c2)s1. The molecule has 1 N–H and O–H groups in total. The number of benzene rings is 1. The maximum atomic E-state index is 13.4. The van der Waals surface area contributed by atoms with Crippen LogP contribution in [0.1, 0.15) is 28.4 Å². The van der Waals surface area contributed by atoms with Crippen LogP contribution >= 0.6 is 11.3 Å². The fraction of sp³-hybridized carbons (Fsp3) is 0.231. The second-order valence-corrected chi connectivity index (χ2v) is 5.25. The molecule has 0 aliphatic carbocycles. The van der Waals surface area contributed by atoms with Gasteiger partial charge in [0.05, 0.1) is 11.6 Å². The average molecular weight is 261 g/mol. The van der Waals surface area contributed by atoms with Crippen LogP contribution in [-0.2, 0) is 0 Å². The van der Waals surface area contributed by atoms with Crippen LogP contribution in [0, 0.1) is 24.1 Å². The molecule has 5 heteroatoms. The molecule has 0 bridgehead atoms. The molecular weight excluding hydrogens is 249 g/mol. The molecule has 0 saturated heterocycles.